The van der Waals surface area contributed by atoms with Crippen molar-refractivity contribution in [3.05, 3.63) is 42.5 Å². The highest BCUT2D eigenvalue weighted by Gasteiger charge is 2.26. The zero-order chi connectivity index (χ0) is 18.8. The first-order valence-electron chi connectivity index (χ1n) is 9.45. The molecule has 0 unspecified atom stereocenters. The molecule has 1 aliphatic heterocycles. The Kier molecular flexibility index (Phi) is 4.75. The van der Waals surface area contributed by atoms with Gasteiger partial charge in [-0.25, -0.2) is 0 Å². The summed E-state index contributed by atoms with van der Waals surface area (Å²) in [6.45, 7) is 5.63. The van der Waals surface area contributed by atoms with Crippen LogP contribution in [0.15, 0.2) is 42.5 Å². The lowest BCUT2D eigenvalue weighted by Gasteiger charge is -2.32. The quantitative estimate of drug-likeness (QED) is 0.770. The third kappa shape index (κ3) is 3.63. The maximum absolute atomic E-state index is 12.2. The second-order valence-corrected chi connectivity index (χ2v) is 7.28. The molecule has 0 atom stereocenters. The monoisotopic (exact) mass is 364 g/mol. The molecule has 0 radical (unpaired) electrons. The summed E-state index contributed by atoms with van der Waals surface area (Å²) in [5.41, 5.74) is 1.71. The molecule has 3 heterocycles. The normalized spacial score (nSPS) is 15.4. The highest BCUT2D eigenvalue weighted by Crippen LogP contribution is 2.24. The number of benzene rings is 1. The molecule has 7 nitrogen and oxygen atoms in total. The molecular weight excluding hydrogens is 340 g/mol. The highest BCUT2D eigenvalue weighted by atomic mass is 16.1. The molecule has 0 spiro atoms. The van der Waals surface area contributed by atoms with Crippen LogP contribution in [0.25, 0.3) is 17.0 Å². The molecule has 1 N–H and O–H groups in total. The Labute approximate surface area is 158 Å². The Bertz CT molecular complexity index is 928. The van der Waals surface area contributed by atoms with Crippen molar-refractivity contribution in [1.29, 1.82) is 0 Å². The summed E-state index contributed by atoms with van der Waals surface area (Å²) in [6.07, 6.45) is 1.68. The van der Waals surface area contributed by atoms with Crippen molar-refractivity contribution in [3.63, 3.8) is 0 Å². The van der Waals surface area contributed by atoms with Gasteiger partial charge in [-0.1, -0.05) is 30.3 Å². The number of amides is 1. The van der Waals surface area contributed by atoms with E-state index in [-0.39, 0.29) is 17.9 Å². The number of carbonyl (C=O) groups excluding carboxylic acids is 1. The van der Waals surface area contributed by atoms with Crippen LogP contribution in [0.2, 0.25) is 0 Å². The van der Waals surface area contributed by atoms with Crippen molar-refractivity contribution in [3.8, 4) is 11.4 Å². The molecule has 140 valence electrons. The first-order chi connectivity index (χ1) is 13.1. The predicted molar refractivity (Wildman–Crippen MR) is 104 cm³/mol. The molecule has 0 bridgehead atoms. The van der Waals surface area contributed by atoms with Gasteiger partial charge in [-0.15, -0.1) is 15.3 Å². The van der Waals surface area contributed by atoms with Crippen LogP contribution in [-0.4, -0.2) is 44.8 Å². The number of nitrogens with zero attached hydrogens (tertiary/aromatic N) is 5. The van der Waals surface area contributed by atoms with Gasteiger partial charge in [0.15, 0.2) is 11.5 Å². The number of carbonyl (C=O) groups is 1. The number of aromatic nitrogens is 4. The summed E-state index contributed by atoms with van der Waals surface area (Å²) in [4.78, 5) is 14.5. The second kappa shape index (κ2) is 7.34. The van der Waals surface area contributed by atoms with Gasteiger partial charge in [-0.3, -0.25) is 4.79 Å². The average Bonchev–Trinajstić information content (AvgIpc) is 3.11. The van der Waals surface area contributed by atoms with E-state index in [1.807, 2.05) is 56.3 Å². The number of piperidine rings is 1. The van der Waals surface area contributed by atoms with E-state index in [1.165, 1.54) is 0 Å². The topological polar surface area (TPSA) is 75.4 Å². The van der Waals surface area contributed by atoms with Crippen LogP contribution >= 0.6 is 0 Å². The molecule has 4 rings (SSSR count). The van der Waals surface area contributed by atoms with Crippen LogP contribution in [0.5, 0.6) is 0 Å². The fourth-order valence-corrected chi connectivity index (χ4v) is 3.49. The zero-order valence-electron chi connectivity index (χ0n) is 15.7. The molecule has 7 heteroatoms. The van der Waals surface area contributed by atoms with E-state index in [2.05, 4.69) is 20.4 Å². The Balaban J connectivity index is 1.53. The van der Waals surface area contributed by atoms with Crippen LogP contribution < -0.4 is 10.2 Å². The lowest BCUT2D eigenvalue weighted by Crippen LogP contribution is -2.42. The third-order valence-corrected chi connectivity index (χ3v) is 4.90. The summed E-state index contributed by atoms with van der Waals surface area (Å²) >= 11 is 0. The largest absolute Gasteiger partial charge is 0.355 e. The smallest absolute Gasteiger partial charge is 0.223 e. The Hall–Kier alpha value is -2.96. The van der Waals surface area contributed by atoms with Gasteiger partial charge in [0.2, 0.25) is 5.91 Å². The summed E-state index contributed by atoms with van der Waals surface area (Å²) in [5.74, 6) is 1.88. The van der Waals surface area contributed by atoms with Crippen LogP contribution in [0.4, 0.5) is 5.82 Å². The van der Waals surface area contributed by atoms with Gasteiger partial charge in [0.25, 0.3) is 0 Å². The standard InChI is InChI=1S/C20H24N6O/c1-14(2)21-20(27)16-10-12-25(13-11-16)18-9-8-17-22-23-19(26(17)24-18)15-6-4-3-5-7-15/h3-9,14,16H,10-13H2,1-2H3,(H,21,27). The summed E-state index contributed by atoms with van der Waals surface area (Å²) in [5, 5.41) is 16.3. The fourth-order valence-electron chi connectivity index (χ4n) is 3.49. The maximum atomic E-state index is 12.2. The Morgan fingerprint density at radius 1 is 1.07 bits per heavy atom. The van der Waals surface area contributed by atoms with E-state index in [0.29, 0.717) is 0 Å². The zero-order valence-corrected chi connectivity index (χ0v) is 15.7. The Morgan fingerprint density at radius 3 is 2.52 bits per heavy atom. The molecule has 1 fully saturated rings. The van der Waals surface area contributed by atoms with Gasteiger partial charge in [0, 0.05) is 30.6 Å². The molecule has 1 aromatic carbocycles. The van der Waals surface area contributed by atoms with E-state index in [1.54, 1.807) is 4.52 Å². The lowest BCUT2D eigenvalue weighted by molar-refractivity contribution is -0.126. The summed E-state index contributed by atoms with van der Waals surface area (Å²) in [7, 11) is 0. The van der Waals surface area contributed by atoms with Gasteiger partial charge in [0.05, 0.1) is 0 Å². The molecule has 0 aliphatic carbocycles. The van der Waals surface area contributed by atoms with Gasteiger partial charge < -0.3 is 10.2 Å². The number of hydrogen-bond acceptors (Lipinski definition) is 5. The summed E-state index contributed by atoms with van der Waals surface area (Å²) in [6, 6.07) is 14.1. The minimum Gasteiger partial charge on any atom is -0.355 e. The second-order valence-electron chi connectivity index (χ2n) is 7.28. The number of anilines is 1. The molecule has 0 saturated carbocycles. The molecule has 1 saturated heterocycles. The van der Waals surface area contributed by atoms with Crippen LogP contribution in [-0.2, 0) is 4.79 Å². The molecule has 1 amide bonds. The minimum absolute atomic E-state index is 0.0853. The predicted octanol–water partition coefficient (Wildman–Crippen LogP) is 2.53. The van der Waals surface area contributed by atoms with Crippen molar-refractivity contribution < 1.29 is 4.79 Å². The van der Waals surface area contributed by atoms with Crippen molar-refractivity contribution in [2.45, 2.75) is 32.7 Å². The Morgan fingerprint density at radius 2 is 1.81 bits per heavy atom. The van der Waals surface area contributed by atoms with Crippen LogP contribution in [0.3, 0.4) is 0 Å². The van der Waals surface area contributed by atoms with Gasteiger partial charge in [-0.2, -0.15) is 4.52 Å². The number of fused-ring (bicyclic) bond motifs is 1. The maximum Gasteiger partial charge on any atom is 0.223 e. The van der Waals surface area contributed by atoms with Gasteiger partial charge in [0.1, 0.15) is 5.82 Å². The van der Waals surface area contributed by atoms with Gasteiger partial charge in [-0.05, 0) is 38.8 Å². The number of rotatable bonds is 4. The van der Waals surface area contributed by atoms with E-state index in [0.717, 1.165) is 48.8 Å². The molecule has 1 aliphatic rings. The minimum atomic E-state index is 0.0853. The van der Waals surface area contributed by atoms with E-state index < -0.39 is 0 Å². The first-order valence-corrected chi connectivity index (χ1v) is 9.45. The molecule has 2 aromatic heterocycles. The van der Waals surface area contributed by atoms with Crippen molar-refractivity contribution in [2.24, 2.45) is 5.92 Å². The number of hydrogen-bond donors (Lipinski definition) is 1. The number of nitrogens with one attached hydrogen (secondary N) is 1. The highest BCUT2D eigenvalue weighted by molar-refractivity contribution is 5.79. The lowest BCUT2D eigenvalue weighted by atomic mass is 9.95. The van der Waals surface area contributed by atoms with Gasteiger partial charge >= 0.3 is 0 Å². The van der Waals surface area contributed by atoms with Crippen LogP contribution in [0.1, 0.15) is 26.7 Å². The van der Waals surface area contributed by atoms with E-state index in [9.17, 15) is 4.79 Å². The van der Waals surface area contributed by atoms with Crippen molar-refractivity contribution in [1.82, 2.24) is 25.1 Å². The summed E-state index contributed by atoms with van der Waals surface area (Å²) < 4.78 is 1.79. The van der Waals surface area contributed by atoms with Crippen molar-refractivity contribution >= 4 is 17.4 Å². The molecular formula is C20H24N6O. The van der Waals surface area contributed by atoms with Crippen LogP contribution in [0, 0.1) is 5.92 Å². The van der Waals surface area contributed by atoms with Crippen molar-refractivity contribution in [2.75, 3.05) is 18.0 Å². The SMILES string of the molecule is CC(C)NC(=O)C1CCN(c2ccc3nnc(-c4ccccc4)n3n2)CC1. The first kappa shape index (κ1) is 17.5. The van der Waals surface area contributed by atoms with E-state index >= 15 is 0 Å². The molecule has 27 heavy (non-hydrogen) atoms. The molecule has 3 aromatic rings. The third-order valence-electron chi connectivity index (χ3n) is 4.90. The average molecular weight is 364 g/mol. The van der Waals surface area contributed by atoms with E-state index in [4.69, 9.17) is 5.10 Å². The fraction of sp³-hybridized carbons (Fsp3) is 0.400.